The highest BCUT2D eigenvalue weighted by atomic mass is 32.1. The Bertz CT molecular complexity index is 1150. The van der Waals surface area contributed by atoms with Crippen molar-refractivity contribution in [3.05, 3.63) is 71.2 Å². The first-order valence-electron chi connectivity index (χ1n) is 8.38. The second-order valence-electron chi connectivity index (χ2n) is 6.20. The van der Waals surface area contributed by atoms with Gasteiger partial charge in [-0.2, -0.15) is 13.2 Å². The van der Waals surface area contributed by atoms with Crippen molar-refractivity contribution >= 4 is 33.3 Å². The lowest BCUT2D eigenvalue weighted by molar-refractivity contribution is -0.137. The first-order valence-corrected chi connectivity index (χ1v) is 9.26. The lowest BCUT2D eigenvalue weighted by atomic mass is 10.1. The summed E-state index contributed by atoms with van der Waals surface area (Å²) in [6, 6.07) is 12.6. The SMILES string of the molecule is O=C(Cc1c[nH]c2ccccc12)Nc1nc(-c2cccc(C(F)(F)F)c2)cs1. The fraction of sp³-hybridized carbons (Fsp3) is 0.100. The van der Waals surface area contributed by atoms with Crippen molar-refractivity contribution in [2.45, 2.75) is 12.6 Å². The highest BCUT2D eigenvalue weighted by molar-refractivity contribution is 7.14. The van der Waals surface area contributed by atoms with Crippen molar-refractivity contribution in [2.24, 2.45) is 0 Å². The second kappa shape index (κ2) is 7.12. The Morgan fingerprint density at radius 3 is 2.79 bits per heavy atom. The van der Waals surface area contributed by atoms with E-state index in [1.54, 1.807) is 17.6 Å². The second-order valence-corrected chi connectivity index (χ2v) is 7.06. The molecule has 0 fully saturated rings. The number of fused-ring (bicyclic) bond motifs is 1. The molecule has 0 aliphatic carbocycles. The number of nitrogens with zero attached hydrogens (tertiary/aromatic N) is 1. The minimum absolute atomic E-state index is 0.169. The van der Waals surface area contributed by atoms with Gasteiger partial charge in [-0.25, -0.2) is 4.98 Å². The number of rotatable bonds is 4. The summed E-state index contributed by atoms with van der Waals surface area (Å²) in [5.41, 5.74) is 1.82. The van der Waals surface area contributed by atoms with E-state index in [1.165, 1.54) is 17.4 Å². The Kier molecular flexibility index (Phi) is 4.64. The maximum atomic E-state index is 12.9. The van der Waals surface area contributed by atoms with Gasteiger partial charge in [0.25, 0.3) is 0 Å². The van der Waals surface area contributed by atoms with Gasteiger partial charge in [0.15, 0.2) is 5.13 Å². The number of aromatic nitrogens is 2. The summed E-state index contributed by atoms with van der Waals surface area (Å²) in [4.78, 5) is 19.7. The Morgan fingerprint density at radius 2 is 1.96 bits per heavy atom. The fourth-order valence-corrected chi connectivity index (χ4v) is 3.67. The third-order valence-corrected chi connectivity index (χ3v) is 5.02. The van der Waals surface area contributed by atoms with E-state index in [1.807, 2.05) is 24.3 Å². The number of hydrogen-bond donors (Lipinski definition) is 2. The van der Waals surface area contributed by atoms with Crippen LogP contribution < -0.4 is 5.32 Å². The summed E-state index contributed by atoms with van der Waals surface area (Å²) in [6.07, 6.45) is -2.45. The van der Waals surface area contributed by atoms with Gasteiger partial charge in [-0.3, -0.25) is 4.79 Å². The molecule has 0 saturated heterocycles. The number of hydrogen-bond acceptors (Lipinski definition) is 3. The van der Waals surface area contributed by atoms with Crippen LogP contribution in [0.15, 0.2) is 60.1 Å². The average molecular weight is 401 g/mol. The molecule has 0 saturated carbocycles. The predicted molar refractivity (Wildman–Crippen MR) is 103 cm³/mol. The van der Waals surface area contributed by atoms with Crippen molar-refractivity contribution < 1.29 is 18.0 Å². The summed E-state index contributed by atoms with van der Waals surface area (Å²) in [7, 11) is 0. The van der Waals surface area contributed by atoms with Crippen molar-refractivity contribution in [2.75, 3.05) is 5.32 Å². The molecule has 0 aliphatic rings. The van der Waals surface area contributed by atoms with Crippen LogP contribution in [-0.4, -0.2) is 15.9 Å². The summed E-state index contributed by atoms with van der Waals surface area (Å²) in [5, 5.41) is 5.65. The molecule has 28 heavy (non-hydrogen) atoms. The van der Waals surface area contributed by atoms with E-state index in [-0.39, 0.29) is 12.3 Å². The number of para-hydroxylation sites is 1. The number of amides is 1. The molecule has 0 radical (unpaired) electrons. The largest absolute Gasteiger partial charge is 0.416 e. The van der Waals surface area contributed by atoms with Gasteiger partial charge < -0.3 is 10.3 Å². The van der Waals surface area contributed by atoms with Crippen LogP contribution in [-0.2, 0) is 17.4 Å². The minimum Gasteiger partial charge on any atom is -0.361 e. The molecule has 2 aromatic carbocycles. The maximum Gasteiger partial charge on any atom is 0.416 e. The molecule has 0 unspecified atom stereocenters. The number of H-pyrrole nitrogens is 1. The molecule has 4 rings (SSSR count). The Balaban J connectivity index is 1.48. The van der Waals surface area contributed by atoms with Crippen LogP contribution in [0, 0.1) is 0 Å². The lowest BCUT2D eigenvalue weighted by Crippen LogP contribution is -2.14. The van der Waals surface area contributed by atoms with E-state index in [2.05, 4.69) is 15.3 Å². The van der Waals surface area contributed by atoms with Gasteiger partial charge in [-0.1, -0.05) is 30.3 Å². The molecule has 0 spiro atoms. The molecule has 0 aliphatic heterocycles. The van der Waals surface area contributed by atoms with E-state index in [0.29, 0.717) is 16.4 Å². The molecule has 4 aromatic rings. The molecule has 4 nitrogen and oxygen atoms in total. The Morgan fingerprint density at radius 1 is 1.14 bits per heavy atom. The number of carbonyl (C=O) groups is 1. The van der Waals surface area contributed by atoms with Gasteiger partial charge in [-0.15, -0.1) is 11.3 Å². The number of alkyl halides is 3. The highest BCUT2D eigenvalue weighted by Gasteiger charge is 2.30. The van der Waals surface area contributed by atoms with Gasteiger partial charge >= 0.3 is 6.18 Å². The standard InChI is InChI=1S/C20H14F3N3OS/c21-20(22,23)14-5-3-4-12(8-14)17-11-28-19(25-17)26-18(27)9-13-10-24-16-7-2-1-6-15(13)16/h1-8,10-11,24H,9H2,(H,25,26,27). The topological polar surface area (TPSA) is 57.8 Å². The van der Waals surface area contributed by atoms with Crippen LogP contribution in [0.5, 0.6) is 0 Å². The number of halogens is 3. The molecule has 0 bridgehead atoms. The molecule has 2 N–H and O–H groups in total. The average Bonchev–Trinajstić information content (AvgIpc) is 3.29. The van der Waals surface area contributed by atoms with E-state index in [4.69, 9.17) is 0 Å². The van der Waals surface area contributed by atoms with E-state index < -0.39 is 11.7 Å². The lowest BCUT2D eigenvalue weighted by Gasteiger charge is -2.07. The van der Waals surface area contributed by atoms with Gasteiger partial charge in [0.05, 0.1) is 17.7 Å². The normalized spacial score (nSPS) is 11.7. The van der Waals surface area contributed by atoms with Crippen LogP contribution >= 0.6 is 11.3 Å². The summed E-state index contributed by atoms with van der Waals surface area (Å²) in [6.45, 7) is 0. The van der Waals surface area contributed by atoms with Crippen molar-refractivity contribution in [3.8, 4) is 11.3 Å². The van der Waals surface area contributed by atoms with Gasteiger partial charge in [0.2, 0.25) is 5.91 Å². The summed E-state index contributed by atoms with van der Waals surface area (Å²) in [5.74, 6) is -0.241. The Hall–Kier alpha value is -3.13. The highest BCUT2D eigenvalue weighted by Crippen LogP contribution is 2.33. The van der Waals surface area contributed by atoms with Gasteiger partial charge in [0.1, 0.15) is 0 Å². The van der Waals surface area contributed by atoms with Crippen molar-refractivity contribution in [1.82, 2.24) is 9.97 Å². The van der Waals surface area contributed by atoms with Crippen LogP contribution in [0.1, 0.15) is 11.1 Å². The molecule has 2 aromatic heterocycles. The minimum atomic E-state index is -4.41. The molecule has 2 heterocycles. The third kappa shape index (κ3) is 3.77. The van der Waals surface area contributed by atoms with E-state index >= 15 is 0 Å². The number of thiazole rings is 1. The van der Waals surface area contributed by atoms with Crippen molar-refractivity contribution in [3.63, 3.8) is 0 Å². The zero-order valence-corrected chi connectivity index (χ0v) is 15.2. The zero-order valence-electron chi connectivity index (χ0n) is 14.4. The predicted octanol–water partition coefficient (Wildman–Crippen LogP) is 5.49. The molecule has 0 atom stereocenters. The van der Waals surface area contributed by atoms with Crippen LogP contribution in [0.3, 0.4) is 0 Å². The summed E-state index contributed by atoms with van der Waals surface area (Å²) < 4.78 is 38.6. The number of carbonyl (C=O) groups excluding carboxylic acids is 1. The van der Waals surface area contributed by atoms with E-state index in [0.717, 1.165) is 28.6 Å². The smallest absolute Gasteiger partial charge is 0.361 e. The molecule has 8 heteroatoms. The fourth-order valence-electron chi connectivity index (χ4n) is 2.93. The van der Waals surface area contributed by atoms with Gasteiger partial charge in [-0.05, 0) is 23.8 Å². The van der Waals surface area contributed by atoms with E-state index in [9.17, 15) is 18.0 Å². The zero-order chi connectivity index (χ0) is 19.7. The first-order chi connectivity index (χ1) is 13.4. The monoisotopic (exact) mass is 401 g/mol. The number of nitrogens with one attached hydrogen (secondary N) is 2. The molecule has 1 amide bonds. The van der Waals surface area contributed by atoms with Crippen molar-refractivity contribution in [1.29, 1.82) is 0 Å². The number of aromatic amines is 1. The molecule has 142 valence electrons. The summed E-state index contributed by atoms with van der Waals surface area (Å²) >= 11 is 1.17. The molecular weight excluding hydrogens is 387 g/mol. The van der Waals surface area contributed by atoms with Crippen LogP contribution in [0.2, 0.25) is 0 Å². The Labute approximate surface area is 162 Å². The third-order valence-electron chi connectivity index (χ3n) is 4.26. The van der Waals surface area contributed by atoms with Crippen LogP contribution in [0.4, 0.5) is 18.3 Å². The number of benzene rings is 2. The number of anilines is 1. The maximum absolute atomic E-state index is 12.9. The van der Waals surface area contributed by atoms with Gasteiger partial charge in [0, 0.05) is 28.0 Å². The first kappa shape index (κ1) is 18.2. The quantitative estimate of drug-likeness (QED) is 0.475. The van der Waals surface area contributed by atoms with Crippen LogP contribution in [0.25, 0.3) is 22.2 Å². The molecular formula is C20H14F3N3OS.